The van der Waals surface area contributed by atoms with E-state index in [4.69, 9.17) is 0 Å². The second-order valence-electron chi connectivity index (χ2n) is 3.24. The lowest BCUT2D eigenvalue weighted by Crippen LogP contribution is -2.11. The number of hydrogen-bond acceptors (Lipinski definition) is 3. The molecule has 0 amide bonds. The Morgan fingerprint density at radius 2 is 2.31 bits per heavy atom. The predicted octanol–water partition coefficient (Wildman–Crippen LogP) is 1.49. The number of aliphatic hydroxyl groups is 1. The molecule has 0 aromatic carbocycles. The Hall–Kier alpha value is -0.960. The molecule has 72 valence electrons. The van der Waals surface area contributed by atoms with Gasteiger partial charge in [-0.2, -0.15) is 0 Å². The van der Waals surface area contributed by atoms with Crippen LogP contribution in [0.25, 0.3) is 0 Å². The van der Waals surface area contributed by atoms with Gasteiger partial charge < -0.3 is 5.11 Å². The average molecular weight is 180 g/mol. The Morgan fingerprint density at radius 3 is 2.92 bits per heavy atom. The summed E-state index contributed by atoms with van der Waals surface area (Å²) in [6.07, 6.45) is 3.95. The van der Waals surface area contributed by atoms with Crippen LogP contribution in [0.15, 0.2) is 12.3 Å². The van der Waals surface area contributed by atoms with Crippen LogP contribution < -0.4 is 0 Å². The fourth-order valence-corrected chi connectivity index (χ4v) is 1.30. The first-order valence-corrected chi connectivity index (χ1v) is 4.69. The standard InChI is InChI=1S/C10H16N2O/c1-3-4-10(13)7-9-5-6-11-8(2)12-9/h5-6,10,13H,3-4,7H2,1-2H3. The topological polar surface area (TPSA) is 46.0 Å². The highest BCUT2D eigenvalue weighted by atomic mass is 16.3. The number of aromatic nitrogens is 2. The molecule has 0 bridgehead atoms. The van der Waals surface area contributed by atoms with Gasteiger partial charge in [-0.25, -0.2) is 9.97 Å². The molecule has 0 radical (unpaired) electrons. The SMILES string of the molecule is CCCC(O)Cc1ccnc(C)n1. The van der Waals surface area contributed by atoms with Crippen LogP contribution in [0.1, 0.15) is 31.3 Å². The molecular formula is C10H16N2O. The van der Waals surface area contributed by atoms with E-state index in [9.17, 15) is 5.11 Å². The van der Waals surface area contributed by atoms with Crippen molar-refractivity contribution in [2.75, 3.05) is 0 Å². The van der Waals surface area contributed by atoms with Gasteiger partial charge in [-0.05, 0) is 19.4 Å². The molecular weight excluding hydrogens is 164 g/mol. The van der Waals surface area contributed by atoms with E-state index in [1.165, 1.54) is 0 Å². The molecule has 0 aliphatic heterocycles. The lowest BCUT2D eigenvalue weighted by Gasteiger charge is -2.07. The second-order valence-corrected chi connectivity index (χ2v) is 3.24. The zero-order valence-electron chi connectivity index (χ0n) is 8.20. The van der Waals surface area contributed by atoms with Crippen molar-refractivity contribution in [1.29, 1.82) is 0 Å². The third-order valence-corrected chi connectivity index (χ3v) is 1.90. The van der Waals surface area contributed by atoms with Gasteiger partial charge in [0.15, 0.2) is 0 Å². The van der Waals surface area contributed by atoms with Crippen LogP contribution in [0.3, 0.4) is 0 Å². The van der Waals surface area contributed by atoms with Crippen molar-refractivity contribution in [2.24, 2.45) is 0 Å². The fraction of sp³-hybridized carbons (Fsp3) is 0.600. The lowest BCUT2D eigenvalue weighted by atomic mass is 10.1. The van der Waals surface area contributed by atoms with Gasteiger partial charge in [-0.15, -0.1) is 0 Å². The largest absolute Gasteiger partial charge is 0.393 e. The highest BCUT2D eigenvalue weighted by Gasteiger charge is 2.05. The van der Waals surface area contributed by atoms with E-state index in [2.05, 4.69) is 16.9 Å². The summed E-state index contributed by atoms with van der Waals surface area (Å²) in [6.45, 7) is 3.92. The Kier molecular flexibility index (Phi) is 3.83. The van der Waals surface area contributed by atoms with E-state index in [0.29, 0.717) is 6.42 Å². The minimum absolute atomic E-state index is 0.265. The molecule has 3 nitrogen and oxygen atoms in total. The number of rotatable bonds is 4. The summed E-state index contributed by atoms with van der Waals surface area (Å²) in [5.74, 6) is 0.765. The zero-order chi connectivity index (χ0) is 9.68. The van der Waals surface area contributed by atoms with E-state index < -0.39 is 0 Å². The lowest BCUT2D eigenvalue weighted by molar-refractivity contribution is 0.162. The molecule has 0 spiro atoms. The molecule has 1 rings (SSSR count). The minimum atomic E-state index is -0.265. The molecule has 0 saturated carbocycles. The van der Waals surface area contributed by atoms with Crippen LogP contribution in [-0.4, -0.2) is 21.2 Å². The normalized spacial score (nSPS) is 12.8. The number of nitrogens with zero attached hydrogens (tertiary/aromatic N) is 2. The number of aliphatic hydroxyl groups excluding tert-OH is 1. The van der Waals surface area contributed by atoms with Gasteiger partial charge in [-0.3, -0.25) is 0 Å². The maximum Gasteiger partial charge on any atom is 0.125 e. The second kappa shape index (κ2) is 4.92. The molecule has 1 unspecified atom stereocenters. The van der Waals surface area contributed by atoms with Gasteiger partial charge in [-0.1, -0.05) is 13.3 Å². The summed E-state index contributed by atoms with van der Waals surface area (Å²) in [4.78, 5) is 8.22. The van der Waals surface area contributed by atoms with Gasteiger partial charge in [0.2, 0.25) is 0 Å². The third-order valence-electron chi connectivity index (χ3n) is 1.90. The monoisotopic (exact) mass is 180 g/mol. The van der Waals surface area contributed by atoms with Gasteiger partial charge in [0, 0.05) is 18.3 Å². The summed E-state index contributed by atoms with van der Waals surface area (Å²) in [6, 6.07) is 1.85. The van der Waals surface area contributed by atoms with Crippen LogP contribution in [0.4, 0.5) is 0 Å². The summed E-state index contributed by atoms with van der Waals surface area (Å²) < 4.78 is 0. The smallest absolute Gasteiger partial charge is 0.125 e. The van der Waals surface area contributed by atoms with Gasteiger partial charge in [0.1, 0.15) is 5.82 Å². The van der Waals surface area contributed by atoms with Crippen LogP contribution >= 0.6 is 0 Å². The van der Waals surface area contributed by atoms with Gasteiger partial charge in [0.25, 0.3) is 0 Å². The van der Waals surface area contributed by atoms with Gasteiger partial charge >= 0.3 is 0 Å². The predicted molar refractivity (Wildman–Crippen MR) is 51.4 cm³/mol. The molecule has 0 aliphatic carbocycles. The van der Waals surface area contributed by atoms with Crippen LogP contribution in [0.2, 0.25) is 0 Å². The van der Waals surface area contributed by atoms with Crippen molar-refractivity contribution < 1.29 is 5.11 Å². The molecule has 1 heterocycles. The van der Waals surface area contributed by atoms with E-state index >= 15 is 0 Å². The highest BCUT2D eigenvalue weighted by molar-refractivity contribution is 5.02. The maximum absolute atomic E-state index is 9.53. The summed E-state index contributed by atoms with van der Waals surface area (Å²) in [7, 11) is 0. The molecule has 0 saturated heterocycles. The van der Waals surface area contributed by atoms with E-state index in [-0.39, 0.29) is 6.10 Å². The summed E-state index contributed by atoms with van der Waals surface area (Å²) in [5.41, 5.74) is 0.924. The molecule has 1 aromatic heterocycles. The highest BCUT2D eigenvalue weighted by Crippen LogP contribution is 2.04. The average Bonchev–Trinajstić information content (AvgIpc) is 2.04. The number of aryl methyl sites for hydroxylation is 1. The van der Waals surface area contributed by atoms with Crippen LogP contribution in [0, 0.1) is 6.92 Å². The summed E-state index contributed by atoms with van der Waals surface area (Å²) in [5, 5.41) is 9.53. The third kappa shape index (κ3) is 3.51. The van der Waals surface area contributed by atoms with E-state index in [0.717, 1.165) is 24.4 Å². The van der Waals surface area contributed by atoms with Crippen molar-refractivity contribution in [1.82, 2.24) is 9.97 Å². The molecule has 1 atom stereocenters. The number of hydrogen-bond donors (Lipinski definition) is 1. The molecule has 1 N–H and O–H groups in total. The van der Waals surface area contributed by atoms with Crippen molar-refractivity contribution in [2.45, 2.75) is 39.2 Å². The zero-order valence-corrected chi connectivity index (χ0v) is 8.20. The first kappa shape index (κ1) is 10.1. The molecule has 3 heteroatoms. The minimum Gasteiger partial charge on any atom is -0.393 e. The van der Waals surface area contributed by atoms with Crippen molar-refractivity contribution in [3.8, 4) is 0 Å². The Labute approximate surface area is 78.9 Å². The molecule has 0 fully saturated rings. The Morgan fingerprint density at radius 1 is 1.54 bits per heavy atom. The quantitative estimate of drug-likeness (QED) is 0.763. The van der Waals surface area contributed by atoms with Gasteiger partial charge in [0.05, 0.1) is 6.10 Å². The van der Waals surface area contributed by atoms with Crippen LogP contribution in [-0.2, 0) is 6.42 Å². The van der Waals surface area contributed by atoms with Crippen LogP contribution in [0.5, 0.6) is 0 Å². The Balaban J connectivity index is 2.53. The van der Waals surface area contributed by atoms with Crippen molar-refractivity contribution in [3.63, 3.8) is 0 Å². The molecule has 1 aromatic rings. The maximum atomic E-state index is 9.53. The van der Waals surface area contributed by atoms with E-state index in [1.54, 1.807) is 6.20 Å². The first-order valence-electron chi connectivity index (χ1n) is 4.69. The first-order chi connectivity index (χ1) is 6.22. The van der Waals surface area contributed by atoms with Crippen molar-refractivity contribution in [3.05, 3.63) is 23.8 Å². The summed E-state index contributed by atoms with van der Waals surface area (Å²) >= 11 is 0. The Bertz CT molecular complexity index is 263. The molecule has 13 heavy (non-hydrogen) atoms. The van der Waals surface area contributed by atoms with Crippen molar-refractivity contribution >= 4 is 0 Å². The molecule has 0 aliphatic rings. The fourth-order valence-electron chi connectivity index (χ4n) is 1.30. The van der Waals surface area contributed by atoms with E-state index in [1.807, 2.05) is 13.0 Å².